The highest BCUT2D eigenvalue weighted by Gasteiger charge is 2.33. The van der Waals surface area contributed by atoms with Crippen molar-refractivity contribution in [1.29, 1.82) is 0 Å². The number of halogens is 3. The maximum atomic E-state index is 12.9. The van der Waals surface area contributed by atoms with Crippen LogP contribution in [0.5, 0.6) is 5.75 Å². The van der Waals surface area contributed by atoms with Gasteiger partial charge in [0.2, 0.25) is 0 Å². The highest BCUT2D eigenvalue weighted by molar-refractivity contribution is 5.93. The van der Waals surface area contributed by atoms with Crippen molar-refractivity contribution in [3.8, 4) is 28.8 Å². The van der Waals surface area contributed by atoms with Crippen LogP contribution in [0.15, 0.2) is 42.9 Å². The number of aromatic nitrogens is 3. The Hall–Kier alpha value is -4.13. The number of carbonyl (C=O) groups excluding carboxylic acids is 1. The van der Waals surface area contributed by atoms with Crippen LogP contribution in [-0.4, -0.2) is 34.4 Å². The Morgan fingerprint density at radius 3 is 2.53 bits per heavy atom. The Bertz CT molecular complexity index is 1200. The first-order chi connectivity index (χ1) is 15.2. The Balaban J connectivity index is 2.14. The first-order valence-corrected chi connectivity index (χ1v) is 9.27. The number of nitrogens with two attached hydrogens (primary N) is 1. The van der Waals surface area contributed by atoms with Gasteiger partial charge in [-0.3, -0.25) is 0 Å². The van der Waals surface area contributed by atoms with Gasteiger partial charge in [0, 0.05) is 17.3 Å². The van der Waals surface area contributed by atoms with Crippen molar-refractivity contribution < 1.29 is 27.4 Å². The van der Waals surface area contributed by atoms with Gasteiger partial charge >= 0.3 is 12.3 Å². The second kappa shape index (κ2) is 9.34. The maximum Gasteiger partial charge on any atom is 0.573 e. The number of alkyl halides is 3. The van der Waals surface area contributed by atoms with E-state index in [0.29, 0.717) is 29.1 Å². The molecule has 2 N–H and O–H groups in total. The summed E-state index contributed by atoms with van der Waals surface area (Å²) in [5, 5.41) is 0. The van der Waals surface area contributed by atoms with E-state index in [9.17, 15) is 18.0 Å². The summed E-state index contributed by atoms with van der Waals surface area (Å²) in [6.45, 7) is 1.86. The number of pyridine rings is 1. The van der Waals surface area contributed by atoms with Crippen LogP contribution in [0.25, 0.3) is 11.3 Å². The zero-order valence-electron chi connectivity index (χ0n) is 17.0. The van der Waals surface area contributed by atoms with Crippen LogP contribution in [0.1, 0.15) is 34.1 Å². The van der Waals surface area contributed by atoms with Crippen LogP contribution in [0, 0.1) is 11.8 Å². The normalized spacial score (nSPS) is 10.8. The van der Waals surface area contributed by atoms with E-state index in [-0.39, 0.29) is 16.8 Å². The summed E-state index contributed by atoms with van der Waals surface area (Å²) in [5.41, 5.74) is 7.35. The van der Waals surface area contributed by atoms with Crippen molar-refractivity contribution in [2.24, 2.45) is 0 Å². The van der Waals surface area contributed by atoms with E-state index in [1.807, 2.05) is 6.92 Å². The van der Waals surface area contributed by atoms with Gasteiger partial charge in [0.15, 0.2) is 0 Å². The molecule has 7 nitrogen and oxygen atoms in total. The molecule has 0 saturated heterocycles. The fourth-order valence-corrected chi connectivity index (χ4v) is 2.81. The fraction of sp³-hybridized carbons (Fsp3) is 0.182. The number of rotatable bonds is 4. The zero-order chi connectivity index (χ0) is 23.3. The summed E-state index contributed by atoms with van der Waals surface area (Å²) in [4.78, 5) is 24.3. The van der Waals surface area contributed by atoms with Gasteiger partial charge in [-0.15, -0.1) is 13.2 Å². The number of benzene rings is 1. The van der Waals surface area contributed by atoms with Gasteiger partial charge in [-0.05, 0) is 30.7 Å². The maximum absolute atomic E-state index is 12.9. The van der Waals surface area contributed by atoms with Gasteiger partial charge < -0.3 is 15.2 Å². The average molecular weight is 442 g/mol. The standard InChI is InChI=1S/C22H17F3N4O3/c1-3-17-15(7-4-13-5-9-19(26)27-11-13)20(29-12-28-17)14-6-8-16(21(30)31-2)18(10-14)32-22(23,24)25/h5-6,8-12H,3H2,1-2H3,(H2,26,27). The Morgan fingerprint density at radius 1 is 1.12 bits per heavy atom. The highest BCUT2D eigenvalue weighted by Crippen LogP contribution is 2.32. The summed E-state index contributed by atoms with van der Waals surface area (Å²) < 4.78 is 47.4. The van der Waals surface area contributed by atoms with E-state index in [0.717, 1.165) is 13.2 Å². The summed E-state index contributed by atoms with van der Waals surface area (Å²) >= 11 is 0. The molecule has 0 unspecified atom stereocenters. The molecule has 0 aliphatic rings. The molecule has 0 bridgehead atoms. The van der Waals surface area contributed by atoms with Crippen molar-refractivity contribution in [3.05, 3.63) is 65.2 Å². The van der Waals surface area contributed by atoms with E-state index in [4.69, 9.17) is 5.73 Å². The lowest BCUT2D eigenvalue weighted by Crippen LogP contribution is -2.19. The predicted octanol–water partition coefficient (Wildman–Crippen LogP) is 3.77. The molecule has 1 aromatic carbocycles. The zero-order valence-corrected chi connectivity index (χ0v) is 17.0. The van der Waals surface area contributed by atoms with E-state index in [2.05, 4.69) is 36.3 Å². The number of aryl methyl sites for hydroxylation is 1. The summed E-state index contributed by atoms with van der Waals surface area (Å²) in [6, 6.07) is 6.96. The van der Waals surface area contributed by atoms with E-state index in [1.165, 1.54) is 24.7 Å². The Kier molecular flexibility index (Phi) is 6.59. The second-order valence-electron chi connectivity index (χ2n) is 6.37. The molecule has 0 aliphatic carbocycles. The van der Waals surface area contributed by atoms with Crippen LogP contribution in [0.3, 0.4) is 0 Å². The number of ether oxygens (including phenoxy) is 2. The molecule has 32 heavy (non-hydrogen) atoms. The number of nitrogens with zero attached hydrogens (tertiary/aromatic N) is 3. The largest absolute Gasteiger partial charge is 0.573 e. The van der Waals surface area contributed by atoms with Crippen LogP contribution in [0.4, 0.5) is 19.0 Å². The van der Waals surface area contributed by atoms with Gasteiger partial charge in [0.1, 0.15) is 23.5 Å². The highest BCUT2D eigenvalue weighted by atomic mass is 19.4. The molecule has 0 aliphatic heterocycles. The summed E-state index contributed by atoms with van der Waals surface area (Å²) in [7, 11) is 1.06. The Labute approximate surface area is 181 Å². The topological polar surface area (TPSA) is 100 Å². The molecule has 3 rings (SSSR count). The molecule has 3 aromatic rings. The number of carbonyl (C=O) groups is 1. The molecule has 0 fully saturated rings. The van der Waals surface area contributed by atoms with Crippen molar-refractivity contribution in [2.75, 3.05) is 12.8 Å². The van der Waals surface area contributed by atoms with Crippen molar-refractivity contribution >= 4 is 11.8 Å². The molecule has 0 amide bonds. The third-order valence-electron chi connectivity index (χ3n) is 4.26. The minimum atomic E-state index is -5.01. The first-order valence-electron chi connectivity index (χ1n) is 9.27. The van der Waals surface area contributed by atoms with Crippen LogP contribution < -0.4 is 10.5 Å². The molecule has 0 atom stereocenters. The number of hydrogen-bond acceptors (Lipinski definition) is 7. The quantitative estimate of drug-likeness (QED) is 0.485. The third-order valence-corrected chi connectivity index (χ3v) is 4.26. The SMILES string of the molecule is CCc1ncnc(-c2ccc(C(=O)OC)c(OC(F)(F)F)c2)c1C#Cc1ccc(N)nc1. The van der Waals surface area contributed by atoms with Gasteiger partial charge in [0.05, 0.1) is 24.1 Å². The number of esters is 1. The van der Waals surface area contributed by atoms with E-state index >= 15 is 0 Å². The molecule has 0 radical (unpaired) electrons. The van der Waals surface area contributed by atoms with E-state index in [1.54, 1.807) is 12.1 Å². The first kappa shape index (κ1) is 22.6. The predicted molar refractivity (Wildman–Crippen MR) is 109 cm³/mol. The van der Waals surface area contributed by atoms with Crippen LogP contribution in [0.2, 0.25) is 0 Å². The average Bonchev–Trinajstić information content (AvgIpc) is 2.76. The smallest absolute Gasteiger partial charge is 0.465 e. The third kappa shape index (κ3) is 5.31. The molecular weight excluding hydrogens is 425 g/mol. The van der Waals surface area contributed by atoms with Gasteiger partial charge in [-0.25, -0.2) is 19.7 Å². The van der Waals surface area contributed by atoms with Crippen molar-refractivity contribution in [1.82, 2.24) is 15.0 Å². The Morgan fingerprint density at radius 2 is 1.91 bits per heavy atom. The van der Waals surface area contributed by atoms with Crippen molar-refractivity contribution in [2.45, 2.75) is 19.7 Å². The summed E-state index contributed by atoms with van der Waals surface area (Å²) in [6.07, 6.45) is -1.71. The molecule has 10 heteroatoms. The number of hydrogen-bond donors (Lipinski definition) is 1. The lowest BCUT2D eigenvalue weighted by Gasteiger charge is -2.14. The second-order valence-corrected chi connectivity index (χ2v) is 6.37. The lowest BCUT2D eigenvalue weighted by atomic mass is 10.0. The van der Waals surface area contributed by atoms with Crippen molar-refractivity contribution in [3.63, 3.8) is 0 Å². The fourth-order valence-electron chi connectivity index (χ4n) is 2.81. The van der Waals surface area contributed by atoms with Gasteiger partial charge in [0.25, 0.3) is 0 Å². The summed E-state index contributed by atoms with van der Waals surface area (Å²) in [5.74, 6) is 4.57. The molecule has 2 heterocycles. The van der Waals surface area contributed by atoms with Crippen LogP contribution >= 0.6 is 0 Å². The number of methoxy groups -OCH3 is 1. The molecule has 0 spiro atoms. The minimum Gasteiger partial charge on any atom is -0.465 e. The van der Waals surface area contributed by atoms with Gasteiger partial charge in [-0.1, -0.05) is 24.8 Å². The number of anilines is 1. The number of nitrogen functional groups attached to an aromatic ring is 1. The molecular formula is C22H17F3N4O3. The molecule has 2 aromatic heterocycles. The van der Waals surface area contributed by atoms with Crippen LogP contribution in [-0.2, 0) is 11.2 Å². The lowest BCUT2D eigenvalue weighted by molar-refractivity contribution is -0.274. The van der Waals surface area contributed by atoms with Gasteiger partial charge in [-0.2, -0.15) is 0 Å². The molecule has 0 saturated carbocycles. The minimum absolute atomic E-state index is 0.258. The monoisotopic (exact) mass is 442 g/mol. The molecule has 164 valence electrons. The van der Waals surface area contributed by atoms with E-state index < -0.39 is 18.1 Å².